The molecule has 1 heterocycles. The van der Waals surface area contributed by atoms with Crippen LogP contribution in [0.25, 0.3) is 88.7 Å². The molecular weight excluding hydrogens is 739 g/mol. The second kappa shape index (κ2) is 14.1. The van der Waals surface area contributed by atoms with Gasteiger partial charge in [0.15, 0.2) is 17.5 Å². The van der Waals surface area contributed by atoms with Crippen molar-refractivity contribution in [3.63, 3.8) is 0 Å². The van der Waals surface area contributed by atoms with E-state index in [-0.39, 0.29) is 0 Å². The van der Waals surface area contributed by atoms with Crippen molar-refractivity contribution in [2.75, 3.05) is 0 Å². The number of aromatic nitrogens is 3. The van der Waals surface area contributed by atoms with Crippen molar-refractivity contribution in [1.29, 1.82) is 0 Å². The molecule has 0 N–H and O–H groups in total. The zero-order valence-corrected chi connectivity index (χ0v) is 33.2. The standard InChI is InChI=1S/C58H37N3/c1-4-17-40(18-5-1)55-59-56(41-31-29-39(30-32-41)53-48-25-13-11-19-42(48)36-43-33-28-38-16-10-12-24-47(38)54(43)53)61-57(60-55)44-34-35-52-50(37-44)49-26-14-15-27-51(49)58(52,45-20-6-2-7-21-45)46-22-8-3-9-23-46/h1-37H. The van der Waals surface area contributed by atoms with Gasteiger partial charge in [-0.2, -0.15) is 0 Å². The van der Waals surface area contributed by atoms with Crippen LogP contribution in [-0.4, -0.2) is 15.0 Å². The molecule has 10 aromatic carbocycles. The quantitative estimate of drug-likeness (QED) is 0.125. The van der Waals surface area contributed by atoms with Gasteiger partial charge in [0.2, 0.25) is 0 Å². The molecule has 0 unspecified atom stereocenters. The summed E-state index contributed by atoms with van der Waals surface area (Å²) in [6, 6.07) is 80.6. The average Bonchev–Trinajstić information content (AvgIpc) is 3.64. The van der Waals surface area contributed by atoms with Gasteiger partial charge in [0, 0.05) is 16.7 Å². The normalized spacial score (nSPS) is 12.7. The number of hydrogen-bond acceptors (Lipinski definition) is 3. The molecule has 284 valence electrons. The number of rotatable bonds is 6. The van der Waals surface area contributed by atoms with Crippen molar-refractivity contribution in [2.24, 2.45) is 0 Å². The molecule has 0 bridgehead atoms. The maximum atomic E-state index is 5.25. The summed E-state index contributed by atoms with van der Waals surface area (Å²) in [7, 11) is 0. The second-order valence-corrected chi connectivity index (χ2v) is 15.9. The van der Waals surface area contributed by atoms with Crippen LogP contribution >= 0.6 is 0 Å². The molecular formula is C58H37N3. The van der Waals surface area contributed by atoms with Crippen LogP contribution < -0.4 is 0 Å². The highest BCUT2D eigenvalue weighted by Gasteiger charge is 2.46. The summed E-state index contributed by atoms with van der Waals surface area (Å²) in [6.45, 7) is 0. The predicted octanol–water partition coefficient (Wildman–Crippen LogP) is 14.4. The fourth-order valence-corrected chi connectivity index (χ4v) is 9.86. The van der Waals surface area contributed by atoms with Gasteiger partial charge in [0.05, 0.1) is 5.41 Å². The number of benzene rings is 10. The van der Waals surface area contributed by atoms with Crippen LogP contribution in [0.5, 0.6) is 0 Å². The first-order chi connectivity index (χ1) is 30.2. The van der Waals surface area contributed by atoms with Gasteiger partial charge in [-0.25, -0.2) is 15.0 Å². The third-order valence-electron chi connectivity index (χ3n) is 12.6. The maximum Gasteiger partial charge on any atom is 0.164 e. The molecule has 3 nitrogen and oxygen atoms in total. The summed E-state index contributed by atoms with van der Waals surface area (Å²) in [6.07, 6.45) is 0. The highest BCUT2D eigenvalue weighted by molar-refractivity contribution is 6.22. The van der Waals surface area contributed by atoms with E-state index < -0.39 is 5.41 Å². The van der Waals surface area contributed by atoms with E-state index in [1.807, 2.05) is 18.2 Å². The Morgan fingerprint density at radius 2 is 0.787 bits per heavy atom. The maximum absolute atomic E-state index is 5.25. The number of nitrogens with zero attached hydrogens (tertiary/aromatic N) is 3. The first-order valence-electron chi connectivity index (χ1n) is 20.9. The first-order valence-corrected chi connectivity index (χ1v) is 20.9. The van der Waals surface area contributed by atoms with Crippen LogP contribution in [0.3, 0.4) is 0 Å². The third kappa shape index (κ3) is 5.55. The highest BCUT2D eigenvalue weighted by Crippen LogP contribution is 2.56. The van der Waals surface area contributed by atoms with Crippen molar-refractivity contribution in [2.45, 2.75) is 5.41 Å². The minimum atomic E-state index is -0.476. The molecule has 0 aliphatic heterocycles. The summed E-state index contributed by atoms with van der Waals surface area (Å²) >= 11 is 0. The van der Waals surface area contributed by atoms with Crippen LogP contribution in [0.1, 0.15) is 22.3 Å². The lowest BCUT2D eigenvalue weighted by atomic mass is 9.67. The zero-order valence-electron chi connectivity index (χ0n) is 33.2. The van der Waals surface area contributed by atoms with Crippen molar-refractivity contribution in [1.82, 2.24) is 15.0 Å². The number of fused-ring (bicyclic) bond motifs is 7. The van der Waals surface area contributed by atoms with E-state index in [2.05, 4.69) is 206 Å². The summed E-state index contributed by atoms with van der Waals surface area (Å²) in [5, 5.41) is 7.43. The summed E-state index contributed by atoms with van der Waals surface area (Å²) in [5.74, 6) is 1.91. The van der Waals surface area contributed by atoms with Crippen molar-refractivity contribution >= 4 is 32.3 Å². The minimum Gasteiger partial charge on any atom is -0.208 e. The molecule has 1 aromatic heterocycles. The molecule has 3 heteroatoms. The van der Waals surface area contributed by atoms with Gasteiger partial charge in [-0.15, -0.1) is 0 Å². The Kier molecular flexibility index (Phi) is 8.07. The summed E-state index contributed by atoms with van der Waals surface area (Å²) in [5.41, 5.74) is 12.1. The van der Waals surface area contributed by atoms with Crippen LogP contribution in [-0.2, 0) is 5.41 Å². The minimum absolute atomic E-state index is 0.476. The zero-order chi connectivity index (χ0) is 40.3. The van der Waals surface area contributed by atoms with Crippen LogP contribution in [0, 0.1) is 0 Å². The van der Waals surface area contributed by atoms with Gasteiger partial charge < -0.3 is 0 Å². The Bertz CT molecular complexity index is 3410. The van der Waals surface area contributed by atoms with E-state index in [0.29, 0.717) is 17.5 Å². The summed E-state index contributed by atoms with van der Waals surface area (Å²) in [4.78, 5) is 15.6. The lowest BCUT2D eigenvalue weighted by Crippen LogP contribution is -2.28. The van der Waals surface area contributed by atoms with Gasteiger partial charge in [0.25, 0.3) is 0 Å². The molecule has 0 amide bonds. The Labute approximate surface area is 354 Å². The molecule has 1 aliphatic carbocycles. The molecule has 0 saturated heterocycles. The topological polar surface area (TPSA) is 38.7 Å². The van der Waals surface area contributed by atoms with Crippen molar-refractivity contribution < 1.29 is 0 Å². The second-order valence-electron chi connectivity index (χ2n) is 15.9. The SMILES string of the molecule is c1ccc(-c2nc(-c3ccc(-c4c5ccccc5cc5ccc6ccccc6c45)cc3)nc(-c3ccc4c(c3)-c3ccccc3C4(c3ccccc3)c3ccccc3)n2)cc1. The average molecular weight is 776 g/mol. The lowest BCUT2D eigenvalue weighted by Gasteiger charge is -2.33. The molecule has 0 fully saturated rings. The fourth-order valence-electron chi connectivity index (χ4n) is 9.86. The number of hydrogen-bond donors (Lipinski definition) is 0. The third-order valence-corrected chi connectivity index (χ3v) is 12.6. The Hall–Kier alpha value is -8.01. The van der Waals surface area contributed by atoms with E-state index in [9.17, 15) is 0 Å². The first kappa shape index (κ1) is 35.0. The van der Waals surface area contributed by atoms with Crippen LogP contribution in [0.15, 0.2) is 224 Å². The van der Waals surface area contributed by atoms with Gasteiger partial charge in [-0.05, 0) is 89.0 Å². The molecule has 61 heavy (non-hydrogen) atoms. The Morgan fingerprint density at radius 1 is 0.295 bits per heavy atom. The van der Waals surface area contributed by atoms with Crippen LogP contribution in [0.2, 0.25) is 0 Å². The molecule has 0 radical (unpaired) electrons. The molecule has 11 aromatic rings. The Morgan fingerprint density at radius 3 is 1.49 bits per heavy atom. The highest BCUT2D eigenvalue weighted by atomic mass is 15.0. The molecule has 1 aliphatic rings. The molecule has 12 rings (SSSR count). The molecule has 0 spiro atoms. The fraction of sp³-hybridized carbons (Fsp3) is 0.0172. The monoisotopic (exact) mass is 775 g/mol. The van der Waals surface area contributed by atoms with Crippen LogP contribution in [0.4, 0.5) is 0 Å². The smallest absolute Gasteiger partial charge is 0.164 e. The van der Waals surface area contributed by atoms with Crippen molar-refractivity contribution in [3.8, 4) is 56.4 Å². The van der Waals surface area contributed by atoms with E-state index >= 15 is 0 Å². The lowest BCUT2D eigenvalue weighted by molar-refractivity contribution is 0.768. The van der Waals surface area contributed by atoms with Gasteiger partial charge in [0.1, 0.15) is 0 Å². The van der Waals surface area contributed by atoms with E-state index in [0.717, 1.165) is 22.3 Å². The van der Waals surface area contributed by atoms with E-state index in [4.69, 9.17) is 15.0 Å². The molecule has 0 atom stereocenters. The van der Waals surface area contributed by atoms with Gasteiger partial charge in [-0.1, -0.05) is 212 Å². The summed E-state index contributed by atoms with van der Waals surface area (Å²) < 4.78 is 0. The van der Waals surface area contributed by atoms with E-state index in [1.165, 1.54) is 71.3 Å². The largest absolute Gasteiger partial charge is 0.208 e. The van der Waals surface area contributed by atoms with Gasteiger partial charge in [-0.3, -0.25) is 0 Å². The molecule has 0 saturated carbocycles. The van der Waals surface area contributed by atoms with Gasteiger partial charge >= 0.3 is 0 Å². The van der Waals surface area contributed by atoms with Crippen molar-refractivity contribution in [3.05, 3.63) is 247 Å². The predicted molar refractivity (Wildman–Crippen MR) is 251 cm³/mol. The Balaban J connectivity index is 1.03. The van der Waals surface area contributed by atoms with E-state index in [1.54, 1.807) is 0 Å².